The maximum absolute atomic E-state index is 12.7. The van der Waals surface area contributed by atoms with Gasteiger partial charge in [0.15, 0.2) is 5.82 Å². The smallest absolute Gasteiger partial charge is 0.291 e. The first kappa shape index (κ1) is 17.7. The van der Waals surface area contributed by atoms with E-state index < -0.39 is 0 Å². The van der Waals surface area contributed by atoms with Crippen molar-refractivity contribution < 1.29 is 4.74 Å². The fourth-order valence-electron chi connectivity index (χ4n) is 2.64. The molecule has 2 aromatic heterocycles. The molecule has 2 aromatic carbocycles. The quantitative estimate of drug-likeness (QED) is 0.514. The summed E-state index contributed by atoms with van der Waals surface area (Å²) < 4.78 is 7.68. The number of benzene rings is 2. The summed E-state index contributed by atoms with van der Waals surface area (Å²) in [5.41, 5.74) is 1.50. The molecule has 0 amide bonds. The Labute approximate surface area is 164 Å². The van der Waals surface area contributed by atoms with Crippen LogP contribution in [0.1, 0.15) is 18.9 Å². The predicted octanol–water partition coefficient (Wildman–Crippen LogP) is 3.81. The molecule has 0 aliphatic rings. The molecule has 0 unspecified atom stereocenters. The molecule has 0 N–H and O–H groups in total. The van der Waals surface area contributed by atoms with Crippen molar-refractivity contribution in [3.8, 4) is 17.1 Å². The zero-order valence-electron chi connectivity index (χ0n) is 14.6. The molecule has 5 nitrogen and oxygen atoms in total. The average Bonchev–Trinajstić information content (AvgIpc) is 3.21. The summed E-state index contributed by atoms with van der Waals surface area (Å²) in [6.45, 7) is 2.69. The molecule has 27 heavy (non-hydrogen) atoms. The van der Waals surface area contributed by atoms with Gasteiger partial charge in [-0.15, -0.1) is 5.10 Å². The maximum atomic E-state index is 12.7. The molecule has 4 rings (SSSR count). The van der Waals surface area contributed by atoms with E-state index in [2.05, 4.69) is 17.0 Å². The van der Waals surface area contributed by atoms with Crippen LogP contribution in [0.5, 0.6) is 5.75 Å². The molecule has 0 radical (unpaired) electrons. The van der Waals surface area contributed by atoms with Gasteiger partial charge in [-0.1, -0.05) is 48.1 Å². The Morgan fingerprint density at radius 2 is 1.96 bits per heavy atom. The molecule has 136 valence electrons. The van der Waals surface area contributed by atoms with Gasteiger partial charge in [-0.2, -0.15) is 9.50 Å². The van der Waals surface area contributed by atoms with Crippen LogP contribution in [0.15, 0.2) is 53.3 Å². The second kappa shape index (κ2) is 7.50. The summed E-state index contributed by atoms with van der Waals surface area (Å²) in [5.74, 6) is 1.27. The molecular weight excluding hydrogens is 382 g/mol. The van der Waals surface area contributed by atoms with Crippen molar-refractivity contribution in [1.29, 1.82) is 0 Å². The lowest BCUT2D eigenvalue weighted by molar-refractivity contribution is 0.317. The Balaban J connectivity index is 1.75. The highest BCUT2D eigenvalue weighted by molar-refractivity contribution is 7.15. The summed E-state index contributed by atoms with van der Waals surface area (Å²) in [4.78, 5) is 17.8. The molecule has 0 fully saturated rings. The zero-order chi connectivity index (χ0) is 18.8. The first-order valence-electron chi connectivity index (χ1n) is 8.55. The summed E-state index contributed by atoms with van der Waals surface area (Å²) >= 11 is 7.23. The normalized spacial score (nSPS) is 12.0. The van der Waals surface area contributed by atoms with Crippen LogP contribution in [-0.4, -0.2) is 21.2 Å². The number of hydrogen-bond acceptors (Lipinski definition) is 5. The van der Waals surface area contributed by atoms with Crippen molar-refractivity contribution in [1.82, 2.24) is 14.6 Å². The number of para-hydroxylation sites is 1. The molecule has 0 spiro atoms. The van der Waals surface area contributed by atoms with Gasteiger partial charge in [-0.3, -0.25) is 4.79 Å². The highest BCUT2D eigenvalue weighted by Crippen LogP contribution is 2.20. The van der Waals surface area contributed by atoms with Crippen LogP contribution in [0.2, 0.25) is 5.02 Å². The van der Waals surface area contributed by atoms with Gasteiger partial charge >= 0.3 is 0 Å². The Kier molecular flexibility index (Phi) is 4.92. The predicted molar refractivity (Wildman–Crippen MR) is 109 cm³/mol. The second-order valence-corrected chi connectivity index (χ2v) is 7.38. The number of fused-ring (bicyclic) bond motifs is 1. The lowest BCUT2D eigenvalue weighted by atomic mass is 10.2. The van der Waals surface area contributed by atoms with Gasteiger partial charge < -0.3 is 4.74 Å². The summed E-state index contributed by atoms with van der Waals surface area (Å²) in [5, 5.41) is 5.00. The van der Waals surface area contributed by atoms with Crippen LogP contribution in [0.4, 0.5) is 0 Å². The minimum atomic E-state index is -0.187. The first-order chi connectivity index (χ1) is 13.2. The molecule has 7 heteroatoms. The lowest BCUT2D eigenvalue weighted by Crippen LogP contribution is -2.23. The van der Waals surface area contributed by atoms with Gasteiger partial charge in [0, 0.05) is 16.1 Å². The third kappa shape index (κ3) is 3.59. The number of thiazole rings is 1. The third-order valence-corrected chi connectivity index (χ3v) is 5.16. The largest absolute Gasteiger partial charge is 0.493 e. The highest BCUT2D eigenvalue weighted by Gasteiger charge is 2.12. The van der Waals surface area contributed by atoms with E-state index in [1.54, 1.807) is 12.1 Å². The molecule has 0 saturated heterocycles. The minimum Gasteiger partial charge on any atom is -0.493 e. The van der Waals surface area contributed by atoms with Gasteiger partial charge in [-0.05, 0) is 42.8 Å². The molecule has 0 bridgehead atoms. The van der Waals surface area contributed by atoms with Crippen LogP contribution in [0, 0.1) is 0 Å². The molecule has 4 aromatic rings. The fraction of sp³-hybridized carbons (Fsp3) is 0.150. The van der Waals surface area contributed by atoms with Gasteiger partial charge in [0.2, 0.25) is 4.96 Å². The Hall–Kier alpha value is -2.70. The SMILES string of the molecule is CCCOc1ccccc1/C=c1/sc2nc(-c3ccc(Cl)cc3)nn2c1=O. The number of aromatic nitrogens is 3. The van der Waals surface area contributed by atoms with Crippen LogP contribution >= 0.6 is 22.9 Å². The number of ether oxygens (including phenoxy) is 1. The van der Waals surface area contributed by atoms with Gasteiger partial charge in [0.1, 0.15) is 5.75 Å². The third-order valence-electron chi connectivity index (χ3n) is 3.95. The van der Waals surface area contributed by atoms with Gasteiger partial charge in [0.25, 0.3) is 5.56 Å². The van der Waals surface area contributed by atoms with E-state index >= 15 is 0 Å². The monoisotopic (exact) mass is 397 g/mol. The van der Waals surface area contributed by atoms with E-state index in [1.165, 1.54) is 15.9 Å². The van der Waals surface area contributed by atoms with Crippen molar-refractivity contribution in [3.05, 3.63) is 74.0 Å². The molecule has 0 atom stereocenters. The Morgan fingerprint density at radius 3 is 2.70 bits per heavy atom. The maximum Gasteiger partial charge on any atom is 0.291 e. The first-order valence-corrected chi connectivity index (χ1v) is 9.74. The van der Waals surface area contributed by atoms with Crippen LogP contribution in [-0.2, 0) is 0 Å². The minimum absolute atomic E-state index is 0.187. The number of halogens is 1. The molecule has 2 heterocycles. The van der Waals surface area contributed by atoms with E-state index in [0.29, 0.717) is 26.9 Å². The van der Waals surface area contributed by atoms with Crippen LogP contribution < -0.4 is 14.8 Å². The zero-order valence-corrected chi connectivity index (χ0v) is 16.1. The average molecular weight is 398 g/mol. The Bertz CT molecular complexity index is 1200. The standard InChI is InChI=1S/C20H16ClN3O2S/c1-2-11-26-16-6-4-3-5-14(16)12-17-19(25)24-20(27-17)22-18(23-24)13-7-9-15(21)10-8-13/h3-10,12H,2,11H2,1H3/b17-12+. The number of hydrogen-bond donors (Lipinski definition) is 0. The van der Waals surface area contributed by atoms with Crippen molar-refractivity contribution in [2.24, 2.45) is 0 Å². The topological polar surface area (TPSA) is 56.5 Å². The van der Waals surface area contributed by atoms with Crippen molar-refractivity contribution in [2.75, 3.05) is 6.61 Å². The van der Waals surface area contributed by atoms with Gasteiger partial charge in [-0.25, -0.2) is 0 Å². The van der Waals surface area contributed by atoms with Crippen molar-refractivity contribution in [2.45, 2.75) is 13.3 Å². The van der Waals surface area contributed by atoms with Gasteiger partial charge in [0.05, 0.1) is 11.1 Å². The summed E-state index contributed by atoms with van der Waals surface area (Å²) in [6.07, 6.45) is 2.75. The summed E-state index contributed by atoms with van der Waals surface area (Å²) in [7, 11) is 0. The molecule has 0 saturated carbocycles. The second-order valence-electron chi connectivity index (χ2n) is 5.94. The molecule has 0 aliphatic heterocycles. The van der Waals surface area contributed by atoms with Crippen LogP contribution in [0.3, 0.4) is 0 Å². The molecular formula is C20H16ClN3O2S. The Morgan fingerprint density at radius 1 is 1.19 bits per heavy atom. The fourth-order valence-corrected chi connectivity index (χ4v) is 3.66. The van der Waals surface area contributed by atoms with Crippen molar-refractivity contribution >= 4 is 34.0 Å². The number of nitrogens with zero attached hydrogens (tertiary/aromatic N) is 3. The van der Waals surface area contributed by atoms with E-state index in [-0.39, 0.29) is 5.56 Å². The van der Waals surface area contributed by atoms with Crippen LogP contribution in [0.25, 0.3) is 22.4 Å². The van der Waals surface area contributed by atoms with E-state index in [9.17, 15) is 4.79 Å². The molecule has 0 aliphatic carbocycles. The van der Waals surface area contributed by atoms with E-state index in [1.807, 2.05) is 42.5 Å². The highest BCUT2D eigenvalue weighted by atomic mass is 35.5. The van der Waals surface area contributed by atoms with E-state index in [0.717, 1.165) is 23.3 Å². The lowest BCUT2D eigenvalue weighted by Gasteiger charge is -2.07. The van der Waals surface area contributed by atoms with Crippen molar-refractivity contribution in [3.63, 3.8) is 0 Å². The van der Waals surface area contributed by atoms with E-state index in [4.69, 9.17) is 16.3 Å². The number of rotatable bonds is 5. The summed E-state index contributed by atoms with van der Waals surface area (Å²) in [6, 6.07) is 14.9.